The molecule has 2 aromatic rings. The second kappa shape index (κ2) is 4.64. The minimum absolute atomic E-state index is 0.0537. The predicted molar refractivity (Wildman–Crippen MR) is 70.0 cm³/mol. The van der Waals surface area contributed by atoms with E-state index in [1.807, 2.05) is 26.0 Å². The van der Waals surface area contributed by atoms with Crippen LogP contribution in [0.3, 0.4) is 0 Å². The number of fused-ring (bicyclic) bond motifs is 1. The van der Waals surface area contributed by atoms with Gasteiger partial charge in [0.25, 0.3) is 0 Å². The number of pyridine rings is 1. The zero-order chi connectivity index (χ0) is 13.3. The van der Waals surface area contributed by atoms with Gasteiger partial charge < -0.3 is 9.72 Å². The minimum Gasteiger partial charge on any atom is -0.462 e. The predicted octanol–water partition coefficient (Wildman–Crippen LogP) is 2.32. The van der Waals surface area contributed by atoms with E-state index in [2.05, 4.69) is 4.98 Å². The van der Waals surface area contributed by atoms with Crippen molar-refractivity contribution in [2.45, 2.75) is 20.8 Å². The van der Waals surface area contributed by atoms with Crippen molar-refractivity contribution in [3.63, 3.8) is 0 Å². The number of carbonyl (C=O) groups is 1. The summed E-state index contributed by atoms with van der Waals surface area (Å²) in [4.78, 5) is 27.0. The number of benzene rings is 1. The van der Waals surface area contributed by atoms with Gasteiger partial charge in [0.1, 0.15) is 5.56 Å². The van der Waals surface area contributed by atoms with Gasteiger partial charge in [0.2, 0.25) is 5.43 Å². The van der Waals surface area contributed by atoms with Gasteiger partial charge in [-0.25, -0.2) is 4.79 Å². The Morgan fingerprint density at radius 2 is 1.94 bits per heavy atom. The summed E-state index contributed by atoms with van der Waals surface area (Å²) >= 11 is 0. The first-order valence-electron chi connectivity index (χ1n) is 5.85. The smallest absolute Gasteiger partial charge is 0.343 e. The Bertz CT molecular complexity index is 671. The van der Waals surface area contributed by atoms with E-state index in [1.54, 1.807) is 6.92 Å². The van der Waals surface area contributed by atoms with E-state index < -0.39 is 5.97 Å². The first kappa shape index (κ1) is 12.4. The molecule has 0 aliphatic rings. The number of rotatable bonds is 2. The standard InChI is InChI=1S/C14H15NO3/c1-4-18-14(17)10-7-15-12-9(3)6-5-8(2)11(12)13(10)16/h5-7H,4H2,1-3H3,(H,15,16). The molecular formula is C14H15NO3. The molecule has 2 rings (SSSR count). The number of aryl methyl sites for hydroxylation is 2. The third-order valence-electron chi connectivity index (χ3n) is 2.95. The Morgan fingerprint density at radius 3 is 2.61 bits per heavy atom. The molecule has 1 heterocycles. The lowest BCUT2D eigenvalue weighted by Gasteiger charge is -2.07. The maximum Gasteiger partial charge on any atom is 0.343 e. The summed E-state index contributed by atoms with van der Waals surface area (Å²) in [5.74, 6) is -0.582. The van der Waals surface area contributed by atoms with Gasteiger partial charge in [-0.05, 0) is 31.9 Å². The second-order valence-corrected chi connectivity index (χ2v) is 4.20. The molecular weight excluding hydrogens is 230 g/mol. The van der Waals surface area contributed by atoms with Crippen molar-refractivity contribution < 1.29 is 9.53 Å². The summed E-state index contributed by atoms with van der Waals surface area (Å²) in [5.41, 5.74) is 2.38. The topological polar surface area (TPSA) is 59.2 Å². The molecule has 0 saturated heterocycles. The number of hydrogen-bond donors (Lipinski definition) is 1. The van der Waals surface area contributed by atoms with E-state index in [9.17, 15) is 9.59 Å². The summed E-state index contributed by atoms with van der Waals surface area (Å²) in [7, 11) is 0. The highest BCUT2D eigenvalue weighted by atomic mass is 16.5. The maximum atomic E-state index is 12.3. The summed E-state index contributed by atoms with van der Waals surface area (Å²) in [6.07, 6.45) is 1.43. The zero-order valence-electron chi connectivity index (χ0n) is 10.7. The largest absolute Gasteiger partial charge is 0.462 e. The third kappa shape index (κ3) is 1.90. The minimum atomic E-state index is -0.582. The van der Waals surface area contributed by atoms with Crippen LogP contribution in [0.15, 0.2) is 23.1 Å². The average molecular weight is 245 g/mol. The van der Waals surface area contributed by atoms with Crippen molar-refractivity contribution in [2.75, 3.05) is 6.61 Å². The number of ether oxygens (including phenoxy) is 1. The lowest BCUT2D eigenvalue weighted by atomic mass is 10.0. The van der Waals surface area contributed by atoms with E-state index in [1.165, 1.54) is 6.20 Å². The Kier molecular flexibility index (Phi) is 3.19. The molecule has 0 aliphatic carbocycles. The molecule has 0 radical (unpaired) electrons. The monoisotopic (exact) mass is 245 g/mol. The van der Waals surface area contributed by atoms with Crippen LogP contribution in [0, 0.1) is 13.8 Å². The Hall–Kier alpha value is -2.10. The number of nitrogens with one attached hydrogen (secondary N) is 1. The highest BCUT2D eigenvalue weighted by Crippen LogP contribution is 2.17. The van der Waals surface area contributed by atoms with Gasteiger partial charge in [-0.3, -0.25) is 4.79 Å². The van der Waals surface area contributed by atoms with Gasteiger partial charge in [0.05, 0.1) is 12.1 Å². The van der Waals surface area contributed by atoms with Crippen LogP contribution >= 0.6 is 0 Å². The number of hydrogen-bond acceptors (Lipinski definition) is 3. The fourth-order valence-corrected chi connectivity index (χ4v) is 1.99. The number of H-pyrrole nitrogens is 1. The number of esters is 1. The van der Waals surface area contributed by atoms with Crippen molar-refractivity contribution in [1.29, 1.82) is 0 Å². The number of carbonyl (C=O) groups excluding carboxylic acids is 1. The Balaban J connectivity index is 2.76. The van der Waals surface area contributed by atoms with Crippen LogP contribution in [0.2, 0.25) is 0 Å². The van der Waals surface area contributed by atoms with Crippen molar-refractivity contribution in [3.05, 3.63) is 45.2 Å². The Morgan fingerprint density at radius 1 is 1.28 bits per heavy atom. The van der Waals surface area contributed by atoms with Crippen LogP contribution in [-0.4, -0.2) is 17.6 Å². The number of aromatic nitrogens is 1. The molecule has 0 bridgehead atoms. The first-order chi connectivity index (χ1) is 8.56. The number of aromatic amines is 1. The zero-order valence-corrected chi connectivity index (χ0v) is 10.7. The van der Waals surface area contributed by atoms with Gasteiger partial charge >= 0.3 is 5.97 Å². The molecule has 1 aromatic heterocycles. The van der Waals surface area contributed by atoms with E-state index >= 15 is 0 Å². The van der Waals surface area contributed by atoms with Crippen molar-refractivity contribution in [2.24, 2.45) is 0 Å². The molecule has 18 heavy (non-hydrogen) atoms. The fraction of sp³-hybridized carbons (Fsp3) is 0.286. The summed E-state index contributed by atoms with van der Waals surface area (Å²) in [5, 5.41) is 0.556. The van der Waals surface area contributed by atoms with Gasteiger partial charge in [-0.15, -0.1) is 0 Å². The molecule has 1 aromatic carbocycles. The lowest BCUT2D eigenvalue weighted by molar-refractivity contribution is 0.0524. The summed E-state index contributed by atoms with van der Waals surface area (Å²) in [6, 6.07) is 3.82. The van der Waals surface area contributed by atoms with E-state index in [0.29, 0.717) is 5.39 Å². The van der Waals surface area contributed by atoms with Gasteiger partial charge in [-0.2, -0.15) is 0 Å². The summed E-state index contributed by atoms with van der Waals surface area (Å²) < 4.78 is 4.87. The molecule has 0 saturated carbocycles. The molecule has 4 heteroatoms. The molecule has 0 spiro atoms. The molecule has 0 atom stereocenters. The molecule has 0 aliphatic heterocycles. The second-order valence-electron chi connectivity index (χ2n) is 4.20. The van der Waals surface area contributed by atoms with Gasteiger partial charge in [0.15, 0.2) is 0 Å². The van der Waals surface area contributed by atoms with Crippen molar-refractivity contribution in [1.82, 2.24) is 4.98 Å². The van der Waals surface area contributed by atoms with E-state index in [0.717, 1.165) is 16.6 Å². The van der Waals surface area contributed by atoms with Gasteiger partial charge in [0, 0.05) is 11.6 Å². The van der Waals surface area contributed by atoms with Gasteiger partial charge in [-0.1, -0.05) is 12.1 Å². The molecule has 0 fully saturated rings. The summed E-state index contributed by atoms with van der Waals surface area (Å²) in [6.45, 7) is 5.74. The van der Waals surface area contributed by atoms with Crippen LogP contribution < -0.4 is 5.43 Å². The molecule has 4 nitrogen and oxygen atoms in total. The molecule has 1 N–H and O–H groups in total. The third-order valence-corrected chi connectivity index (χ3v) is 2.95. The van der Waals surface area contributed by atoms with Crippen LogP contribution in [0.1, 0.15) is 28.4 Å². The van der Waals surface area contributed by atoms with Crippen LogP contribution in [0.5, 0.6) is 0 Å². The fourth-order valence-electron chi connectivity index (χ4n) is 1.99. The SMILES string of the molecule is CCOC(=O)c1c[nH]c2c(C)ccc(C)c2c1=O. The van der Waals surface area contributed by atoms with E-state index in [-0.39, 0.29) is 17.6 Å². The highest BCUT2D eigenvalue weighted by molar-refractivity contribution is 5.95. The van der Waals surface area contributed by atoms with Crippen LogP contribution in [-0.2, 0) is 4.74 Å². The average Bonchev–Trinajstić information content (AvgIpc) is 2.34. The maximum absolute atomic E-state index is 12.3. The van der Waals surface area contributed by atoms with E-state index in [4.69, 9.17) is 4.74 Å². The van der Waals surface area contributed by atoms with Crippen molar-refractivity contribution >= 4 is 16.9 Å². The first-order valence-corrected chi connectivity index (χ1v) is 5.85. The Labute approximate surface area is 105 Å². The van der Waals surface area contributed by atoms with Crippen LogP contribution in [0.4, 0.5) is 0 Å². The quantitative estimate of drug-likeness (QED) is 0.826. The highest BCUT2D eigenvalue weighted by Gasteiger charge is 2.15. The normalized spacial score (nSPS) is 10.6. The molecule has 0 unspecified atom stereocenters. The lowest BCUT2D eigenvalue weighted by Crippen LogP contribution is -2.19. The van der Waals surface area contributed by atoms with Crippen molar-refractivity contribution in [3.8, 4) is 0 Å². The molecule has 0 amide bonds. The molecule has 94 valence electrons. The van der Waals surface area contributed by atoms with Crippen LogP contribution in [0.25, 0.3) is 10.9 Å².